The fraction of sp³-hybridized carbons (Fsp3) is 0.500. The predicted molar refractivity (Wildman–Crippen MR) is 69.5 cm³/mol. The van der Waals surface area contributed by atoms with E-state index >= 15 is 0 Å². The minimum atomic E-state index is -0.112. The molecule has 0 radical (unpaired) electrons. The van der Waals surface area contributed by atoms with Crippen molar-refractivity contribution in [1.29, 1.82) is 5.41 Å². The third-order valence-electron chi connectivity index (χ3n) is 3.52. The standard InChI is InChI=1S/C14H20N2O/c1-14(17-2)9-6-10-16(11-14)13(15)12-7-4-3-5-8-12/h3-5,7-8,15H,6,9-11H2,1-2H3. The number of hydrogen-bond acceptors (Lipinski definition) is 2. The van der Waals surface area contributed by atoms with Crippen LogP contribution in [0.15, 0.2) is 30.3 Å². The quantitative estimate of drug-likeness (QED) is 0.628. The zero-order chi connectivity index (χ0) is 12.3. The molecule has 0 aliphatic carbocycles. The van der Waals surface area contributed by atoms with E-state index < -0.39 is 0 Å². The average molecular weight is 232 g/mol. The number of piperidine rings is 1. The highest BCUT2D eigenvalue weighted by atomic mass is 16.5. The number of hydrogen-bond donors (Lipinski definition) is 1. The molecule has 1 N–H and O–H groups in total. The Kier molecular flexibility index (Phi) is 3.48. The van der Waals surface area contributed by atoms with E-state index in [1.165, 1.54) is 0 Å². The minimum absolute atomic E-state index is 0.112. The Morgan fingerprint density at radius 1 is 1.35 bits per heavy atom. The lowest BCUT2D eigenvalue weighted by molar-refractivity contribution is -0.0349. The predicted octanol–water partition coefficient (Wildman–Crippen LogP) is 2.51. The number of ether oxygens (including phenoxy) is 1. The summed E-state index contributed by atoms with van der Waals surface area (Å²) in [5, 5.41) is 8.25. The SMILES string of the molecule is COC1(C)CCCN(C(=N)c2ccccc2)C1. The van der Waals surface area contributed by atoms with Gasteiger partial charge in [-0.05, 0) is 19.8 Å². The van der Waals surface area contributed by atoms with Gasteiger partial charge in [-0.25, -0.2) is 0 Å². The maximum atomic E-state index is 8.25. The monoisotopic (exact) mass is 232 g/mol. The van der Waals surface area contributed by atoms with E-state index in [2.05, 4.69) is 11.8 Å². The van der Waals surface area contributed by atoms with Gasteiger partial charge in [0.1, 0.15) is 5.84 Å². The summed E-state index contributed by atoms with van der Waals surface area (Å²) in [6, 6.07) is 9.90. The molecule has 1 atom stereocenters. The fourth-order valence-corrected chi connectivity index (χ4v) is 2.34. The van der Waals surface area contributed by atoms with Crippen LogP contribution >= 0.6 is 0 Å². The lowest BCUT2D eigenvalue weighted by Gasteiger charge is -2.40. The molecule has 0 saturated carbocycles. The van der Waals surface area contributed by atoms with Gasteiger partial charge in [0.25, 0.3) is 0 Å². The van der Waals surface area contributed by atoms with Crippen LogP contribution < -0.4 is 0 Å². The summed E-state index contributed by atoms with van der Waals surface area (Å²) in [5.74, 6) is 0.605. The van der Waals surface area contributed by atoms with Gasteiger partial charge < -0.3 is 9.64 Å². The normalized spacial score (nSPS) is 24.7. The Morgan fingerprint density at radius 2 is 2.06 bits per heavy atom. The van der Waals surface area contributed by atoms with Crippen molar-refractivity contribution in [1.82, 2.24) is 4.90 Å². The summed E-state index contributed by atoms with van der Waals surface area (Å²) in [7, 11) is 1.76. The van der Waals surface area contributed by atoms with Gasteiger partial charge in [0.2, 0.25) is 0 Å². The van der Waals surface area contributed by atoms with Crippen molar-refractivity contribution < 1.29 is 4.74 Å². The van der Waals surface area contributed by atoms with Crippen molar-refractivity contribution in [3.05, 3.63) is 35.9 Å². The molecule has 0 bridgehead atoms. The van der Waals surface area contributed by atoms with Gasteiger partial charge in [-0.15, -0.1) is 0 Å². The summed E-state index contributed by atoms with van der Waals surface area (Å²) >= 11 is 0. The van der Waals surface area contributed by atoms with Crippen molar-refractivity contribution >= 4 is 5.84 Å². The molecule has 1 heterocycles. The lowest BCUT2D eigenvalue weighted by Crippen LogP contribution is -2.49. The molecule has 0 aromatic heterocycles. The number of nitrogens with zero attached hydrogens (tertiary/aromatic N) is 1. The minimum Gasteiger partial charge on any atom is -0.377 e. The maximum Gasteiger partial charge on any atom is 0.128 e. The second kappa shape index (κ2) is 4.88. The second-order valence-electron chi connectivity index (χ2n) is 4.89. The molecule has 1 aliphatic rings. The molecule has 1 aromatic rings. The van der Waals surface area contributed by atoms with Crippen LogP contribution in [0.4, 0.5) is 0 Å². The first kappa shape index (κ1) is 12.1. The highest BCUT2D eigenvalue weighted by molar-refractivity contribution is 5.96. The van der Waals surface area contributed by atoms with Crippen LogP contribution in [0.25, 0.3) is 0 Å². The molecular formula is C14H20N2O. The average Bonchev–Trinajstić information content (AvgIpc) is 2.39. The number of likely N-dealkylation sites (tertiary alicyclic amines) is 1. The van der Waals surface area contributed by atoms with Crippen molar-refractivity contribution in [2.75, 3.05) is 20.2 Å². The summed E-state index contributed by atoms with van der Waals surface area (Å²) in [6.45, 7) is 3.88. The number of benzene rings is 1. The molecule has 0 spiro atoms. The van der Waals surface area contributed by atoms with Crippen LogP contribution in [0, 0.1) is 5.41 Å². The van der Waals surface area contributed by atoms with Gasteiger partial charge >= 0.3 is 0 Å². The number of rotatable bonds is 2. The molecule has 1 aliphatic heterocycles. The van der Waals surface area contributed by atoms with Crippen molar-refractivity contribution in [2.45, 2.75) is 25.4 Å². The first-order valence-corrected chi connectivity index (χ1v) is 6.09. The first-order valence-electron chi connectivity index (χ1n) is 6.09. The highest BCUT2D eigenvalue weighted by Gasteiger charge is 2.31. The summed E-state index contributed by atoms with van der Waals surface area (Å²) in [6.07, 6.45) is 2.15. The molecule has 3 heteroatoms. The van der Waals surface area contributed by atoms with Crippen molar-refractivity contribution in [3.63, 3.8) is 0 Å². The Bertz CT molecular complexity index is 390. The fourth-order valence-electron chi connectivity index (χ4n) is 2.34. The smallest absolute Gasteiger partial charge is 0.128 e. The van der Waals surface area contributed by atoms with E-state index in [0.717, 1.165) is 31.5 Å². The molecular weight excluding hydrogens is 212 g/mol. The largest absolute Gasteiger partial charge is 0.377 e. The van der Waals surface area contributed by atoms with Gasteiger partial charge in [0.15, 0.2) is 0 Å². The molecule has 92 valence electrons. The van der Waals surface area contributed by atoms with Crippen LogP contribution in [-0.4, -0.2) is 36.5 Å². The van der Waals surface area contributed by atoms with Gasteiger partial charge in [0.05, 0.1) is 5.60 Å². The molecule has 3 nitrogen and oxygen atoms in total. The maximum absolute atomic E-state index is 8.25. The van der Waals surface area contributed by atoms with Crippen molar-refractivity contribution in [3.8, 4) is 0 Å². The van der Waals surface area contributed by atoms with E-state index in [4.69, 9.17) is 10.1 Å². The molecule has 0 amide bonds. The number of nitrogens with one attached hydrogen (secondary N) is 1. The Hall–Kier alpha value is -1.35. The molecule has 17 heavy (non-hydrogen) atoms. The topological polar surface area (TPSA) is 36.3 Å². The zero-order valence-corrected chi connectivity index (χ0v) is 10.6. The third-order valence-corrected chi connectivity index (χ3v) is 3.52. The van der Waals surface area contributed by atoms with Crippen LogP contribution in [0.5, 0.6) is 0 Å². The van der Waals surface area contributed by atoms with E-state index in [-0.39, 0.29) is 5.60 Å². The second-order valence-corrected chi connectivity index (χ2v) is 4.89. The molecule has 2 rings (SSSR count). The lowest BCUT2D eigenvalue weighted by atomic mass is 9.94. The number of methoxy groups -OCH3 is 1. The van der Waals surface area contributed by atoms with Gasteiger partial charge in [-0.1, -0.05) is 30.3 Å². The van der Waals surface area contributed by atoms with Crippen LogP contribution in [-0.2, 0) is 4.74 Å². The third kappa shape index (κ3) is 2.67. The van der Waals surface area contributed by atoms with Gasteiger partial charge in [-0.3, -0.25) is 5.41 Å². The van der Waals surface area contributed by atoms with Crippen molar-refractivity contribution in [2.24, 2.45) is 0 Å². The molecule has 1 aromatic carbocycles. The van der Waals surface area contributed by atoms with E-state index in [1.54, 1.807) is 7.11 Å². The summed E-state index contributed by atoms with van der Waals surface area (Å²) in [4.78, 5) is 2.11. The van der Waals surface area contributed by atoms with Gasteiger partial charge in [0, 0.05) is 25.8 Å². The summed E-state index contributed by atoms with van der Waals surface area (Å²) in [5.41, 5.74) is 0.868. The summed E-state index contributed by atoms with van der Waals surface area (Å²) < 4.78 is 5.56. The van der Waals surface area contributed by atoms with E-state index in [0.29, 0.717) is 5.84 Å². The van der Waals surface area contributed by atoms with Crippen LogP contribution in [0.1, 0.15) is 25.3 Å². The van der Waals surface area contributed by atoms with Crippen LogP contribution in [0.3, 0.4) is 0 Å². The highest BCUT2D eigenvalue weighted by Crippen LogP contribution is 2.24. The molecule has 1 fully saturated rings. The Morgan fingerprint density at radius 3 is 2.71 bits per heavy atom. The zero-order valence-electron chi connectivity index (χ0n) is 10.6. The van der Waals surface area contributed by atoms with Crippen LogP contribution in [0.2, 0.25) is 0 Å². The Balaban J connectivity index is 2.10. The van der Waals surface area contributed by atoms with E-state index in [9.17, 15) is 0 Å². The first-order chi connectivity index (χ1) is 8.14. The Labute approximate surface area is 103 Å². The van der Waals surface area contributed by atoms with Gasteiger partial charge in [-0.2, -0.15) is 0 Å². The molecule has 1 saturated heterocycles. The van der Waals surface area contributed by atoms with E-state index in [1.807, 2.05) is 30.3 Å². The number of amidine groups is 1. The molecule has 1 unspecified atom stereocenters.